The van der Waals surface area contributed by atoms with Crippen LogP contribution in [0.2, 0.25) is 0 Å². The van der Waals surface area contributed by atoms with Crippen LogP contribution < -0.4 is 4.74 Å². The van der Waals surface area contributed by atoms with Crippen molar-refractivity contribution in [3.63, 3.8) is 0 Å². The van der Waals surface area contributed by atoms with Crippen molar-refractivity contribution in [2.45, 2.75) is 20.2 Å². The van der Waals surface area contributed by atoms with Crippen molar-refractivity contribution in [1.82, 2.24) is 4.98 Å². The van der Waals surface area contributed by atoms with Gasteiger partial charge in [0.15, 0.2) is 5.75 Å². The minimum absolute atomic E-state index is 0.0257. The number of esters is 1. The fraction of sp³-hybridized carbons (Fsp3) is 0.400. The van der Waals surface area contributed by atoms with Crippen LogP contribution in [0.5, 0.6) is 5.75 Å². The lowest BCUT2D eigenvalue weighted by molar-refractivity contribution is -0.275. The average Bonchev–Trinajstić information content (AvgIpc) is 2.20. The summed E-state index contributed by atoms with van der Waals surface area (Å²) in [4.78, 5) is 15.4. The van der Waals surface area contributed by atoms with Gasteiger partial charge in [-0.1, -0.05) is 0 Å². The number of rotatable bonds is 3. The number of pyridine rings is 1. The zero-order valence-electron chi connectivity index (χ0n) is 9.47. The molecule has 0 fully saturated rings. The normalized spacial score (nSPS) is 11.2. The van der Waals surface area contributed by atoms with Crippen molar-refractivity contribution in [2.24, 2.45) is 0 Å². The third-order valence-electron chi connectivity index (χ3n) is 1.82. The van der Waals surface area contributed by atoms with E-state index in [9.17, 15) is 18.0 Å². The predicted octanol–water partition coefficient (Wildman–Crippen LogP) is 3.07. The van der Waals surface area contributed by atoms with Crippen molar-refractivity contribution < 1.29 is 27.4 Å². The van der Waals surface area contributed by atoms with Crippen LogP contribution in [-0.4, -0.2) is 23.9 Å². The lowest BCUT2D eigenvalue weighted by Gasteiger charge is -2.14. The zero-order chi connectivity index (χ0) is 13.9. The molecule has 18 heavy (non-hydrogen) atoms. The van der Waals surface area contributed by atoms with Gasteiger partial charge in [-0.2, -0.15) is 0 Å². The van der Waals surface area contributed by atoms with Crippen LogP contribution in [0.3, 0.4) is 0 Å². The molecule has 0 bridgehead atoms. The summed E-state index contributed by atoms with van der Waals surface area (Å²) in [6, 6.07) is 1.19. The largest absolute Gasteiger partial charge is 0.573 e. The van der Waals surface area contributed by atoms with E-state index in [0.29, 0.717) is 3.70 Å². The van der Waals surface area contributed by atoms with Crippen molar-refractivity contribution in [1.29, 1.82) is 0 Å². The van der Waals surface area contributed by atoms with Gasteiger partial charge in [0, 0.05) is 0 Å². The van der Waals surface area contributed by atoms with E-state index < -0.39 is 18.1 Å². The highest BCUT2D eigenvalue weighted by atomic mass is 127. The minimum atomic E-state index is -4.89. The topological polar surface area (TPSA) is 48.4 Å². The number of aromatic nitrogens is 1. The van der Waals surface area contributed by atoms with Crippen molar-refractivity contribution >= 4 is 28.6 Å². The summed E-state index contributed by atoms with van der Waals surface area (Å²) < 4.78 is 45.6. The number of aryl methyl sites for hydroxylation is 1. The number of hydrogen-bond donors (Lipinski definition) is 0. The van der Waals surface area contributed by atoms with Crippen molar-refractivity contribution in [3.8, 4) is 5.75 Å². The zero-order valence-corrected chi connectivity index (χ0v) is 11.6. The molecule has 1 rings (SSSR count). The van der Waals surface area contributed by atoms with E-state index >= 15 is 0 Å². The summed E-state index contributed by atoms with van der Waals surface area (Å²) >= 11 is 1.79. The van der Waals surface area contributed by atoms with Gasteiger partial charge in [-0.3, -0.25) is 0 Å². The molecule has 0 atom stereocenters. The molecule has 0 aliphatic rings. The highest BCUT2D eigenvalue weighted by Gasteiger charge is 2.34. The van der Waals surface area contributed by atoms with Gasteiger partial charge in [-0.25, -0.2) is 9.78 Å². The summed E-state index contributed by atoms with van der Waals surface area (Å²) in [6.45, 7) is 2.94. The molecule has 0 N–H and O–H groups in total. The standard InChI is InChI=1S/C10H9F3INO3/c1-3-17-9(16)6-4-7(14)15-5(2)8(6)18-10(11,12)13/h4H,3H2,1-2H3. The molecule has 0 aromatic carbocycles. The van der Waals surface area contributed by atoms with Crippen LogP contribution in [0.1, 0.15) is 23.0 Å². The smallest absolute Gasteiger partial charge is 0.462 e. The molecule has 0 amide bonds. The Morgan fingerprint density at radius 1 is 1.50 bits per heavy atom. The number of nitrogens with zero attached hydrogens (tertiary/aromatic N) is 1. The van der Waals surface area contributed by atoms with Crippen LogP contribution in [-0.2, 0) is 4.74 Å². The second-order valence-corrected chi connectivity index (χ2v) is 4.28. The monoisotopic (exact) mass is 375 g/mol. The van der Waals surface area contributed by atoms with E-state index in [4.69, 9.17) is 0 Å². The van der Waals surface area contributed by atoms with E-state index in [1.54, 1.807) is 29.5 Å². The number of hydrogen-bond acceptors (Lipinski definition) is 4. The van der Waals surface area contributed by atoms with Crippen LogP contribution in [0.4, 0.5) is 13.2 Å². The molecule has 0 saturated carbocycles. The minimum Gasteiger partial charge on any atom is -0.462 e. The lowest BCUT2D eigenvalue weighted by Crippen LogP contribution is -2.21. The first-order valence-corrected chi connectivity index (χ1v) is 5.92. The van der Waals surface area contributed by atoms with Gasteiger partial charge in [0.05, 0.1) is 12.3 Å². The quantitative estimate of drug-likeness (QED) is 0.463. The molecule has 8 heteroatoms. The number of alkyl halides is 3. The van der Waals surface area contributed by atoms with E-state index in [-0.39, 0.29) is 17.9 Å². The van der Waals surface area contributed by atoms with E-state index in [1.807, 2.05) is 0 Å². The first-order chi connectivity index (χ1) is 8.24. The first kappa shape index (κ1) is 15.0. The molecule has 0 spiro atoms. The molecule has 100 valence electrons. The average molecular weight is 375 g/mol. The number of carbonyl (C=O) groups is 1. The summed E-state index contributed by atoms with van der Waals surface area (Å²) in [5.41, 5.74) is -0.312. The molecule has 0 aliphatic carbocycles. The van der Waals surface area contributed by atoms with Crippen molar-refractivity contribution in [3.05, 3.63) is 21.0 Å². The molecule has 1 heterocycles. The molecule has 4 nitrogen and oxygen atoms in total. The molecule has 0 saturated heterocycles. The Labute approximate surface area is 115 Å². The van der Waals surface area contributed by atoms with Crippen LogP contribution >= 0.6 is 22.6 Å². The third-order valence-corrected chi connectivity index (χ3v) is 2.38. The summed E-state index contributed by atoms with van der Waals surface area (Å²) in [7, 11) is 0. The highest BCUT2D eigenvalue weighted by molar-refractivity contribution is 14.1. The molecule has 0 unspecified atom stereocenters. The molecular weight excluding hydrogens is 366 g/mol. The molecule has 0 aliphatic heterocycles. The Kier molecular flexibility index (Phi) is 4.77. The highest BCUT2D eigenvalue weighted by Crippen LogP contribution is 2.30. The Morgan fingerprint density at radius 3 is 2.61 bits per heavy atom. The van der Waals surface area contributed by atoms with Crippen LogP contribution in [0, 0.1) is 10.6 Å². The fourth-order valence-corrected chi connectivity index (χ4v) is 1.90. The van der Waals surface area contributed by atoms with Gasteiger partial charge in [0.1, 0.15) is 9.26 Å². The van der Waals surface area contributed by atoms with Gasteiger partial charge in [-0.05, 0) is 42.5 Å². The number of carbonyl (C=O) groups excluding carboxylic acids is 1. The van der Waals surface area contributed by atoms with E-state index in [2.05, 4.69) is 14.5 Å². The summed E-state index contributed by atoms with van der Waals surface area (Å²) in [5.74, 6) is -1.50. The summed E-state index contributed by atoms with van der Waals surface area (Å²) in [5, 5.41) is 0. The van der Waals surface area contributed by atoms with Gasteiger partial charge < -0.3 is 9.47 Å². The van der Waals surface area contributed by atoms with Crippen LogP contribution in [0.15, 0.2) is 6.07 Å². The Bertz CT molecular complexity index is 462. The fourth-order valence-electron chi connectivity index (χ4n) is 1.23. The molecule has 0 radical (unpaired) electrons. The van der Waals surface area contributed by atoms with E-state index in [0.717, 1.165) is 0 Å². The second-order valence-electron chi connectivity index (χ2n) is 3.18. The molecular formula is C10H9F3INO3. The van der Waals surface area contributed by atoms with E-state index in [1.165, 1.54) is 13.0 Å². The molecule has 1 aromatic rings. The Hall–Kier alpha value is -1.06. The molecule has 1 aromatic heterocycles. The summed E-state index contributed by atoms with van der Waals surface area (Å²) in [6.07, 6.45) is -4.89. The maximum absolute atomic E-state index is 12.2. The second kappa shape index (κ2) is 5.72. The maximum Gasteiger partial charge on any atom is 0.573 e. The van der Waals surface area contributed by atoms with Gasteiger partial charge >= 0.3 is 12.3 Å². The SMILES string of the molecule is CCOC(=O)c1cc(I)nc(C)c1OC(F)(F)F. The Balaban J connectivity index is 3.25. The Morgan fingerprint density at radius 2 is 2.11 bits per heavy atom. The predicted molar refractivity (Wildman–Crippen MR) is 64.3 cm³/mol. The lowest BCUT2D eigenvalue weighted by atomic mass is 10.2. The van der Waals surface area contributed by atoms with Gasteiger partial charge in [0.25, 0.3) is 0 Å². The maximum atomic E-state index is 12.2. The van der Waals surface area contributed by atoms with Gasteiger partial charge in [-0.15, -0.1) is 13.2 Å². The van der Waals surface area contributed by atoms with Crippen molar-refractivity contribution in [2.75, 3.05) is 6.61 Å². The number of halogens is 4. The first-order valence-electron chi connectivity index (χ1n) is 4.84. The van der Waals surface area contributed by atoms with Gasteiger partial charge in [0.2, 0.25) is 0 Å². The number of ether oxygens (including phenoxy) is 2. The van der Waals surface area contributed by atoms with Crippen LogP contribution in [0.25, 0.3) is 0 Å². The third kappa shape index (κ3) is 4.00.